The van der Waals surface area contributed by atoms with Crippen LogP contribution < -0.4 is 16.2 Å². The van der Waals surface area contributed by atoms with Crippen molar-refractivity contribution < 1.29 is 4.79 Å². The molecule has 2 aromatic rings. The van der Waals surface area contributed by atoms with E-state index in [-0.39, 0.29) is 23.9 Å². The average molecular weight is 379 g/mol. The van der Waals surface area contributed by atoms with Crippen molar-refractivity contribution in [3.8, 4) is 0 Å². The number of nitrogens with zero attached hydrogens (tertiary/aromatic N) is 1. The molecule has 3 N–H and O–H groups in total. The molecule has 4 atom stereocenters. The van der Waals surface area contributed by atoms with Crippen LogP contribution in [0.1, 0.15) is 23.6 Å². The number of carbonyl (C=O) groups is 1. The summed E-state index contributed by atoms with van der Waals surface area (Å²) in [7, 11) is 2.17. The van der Waals surface area contributed by atoms with Crippen molar-refractivity contribution in [1.29, 1.82) is 0 Å². The van der Waals surface area contributed by atoms with Crippen LogP contribution in [0.4, 0.5) is 0 Å². The number of hydrazine groups is 1. The number of likely N-dealkylation sites (tertiary alicyclic amines) is 1. The zero-order chi connectivity index (χ0) is 19.3. The first-order valence-corrected chi connectivity index (χ1v) is 10.3. The third kappa shape index (κ3) is 4.43. The SMILES string of the molecule is CN1CC[C@H](NC(=O)C2CNNC2c2ccccc2)[C@H](Cc2ccccc2)C1. The van der Waals surface area contributed by atoms with Crippen LogP contribution in [0.2, 0.25) is 0 Å². The summed E-state index contributed by atoms with van der Waals surface area (Å²) in [6.07, 6.45) is 2.00. The first kappa shape index (κ1) is 19.1. The molecule has 1 amide bonds. The standard InChI is InChI=1S/C23H30N4O/c1-27-13-12-21(19(16-27)14-17-8-4-2-5-9-17)25-23(28)20-15-24-26-22(20)18-10-6-3-7-11-18/h2-11,19-22,24,26H,12-16H2,1H3,(H,25,28)/t19-,20?,21+,22?/m1/s1. The molecular formula is C23H30N4O. The zero-order valence-electron chi connectivity index (χ0n) is 16.5. The molecule has 0 radical (unpaired) electrons. The Kier molecular flexibility index (Phi) is 6.05. The molecular weight excluding hydrogens is 348 g/mol. The van der Waals surface area contributed by atoms with E-state index in [1.807, 2.05) is 18.2 Å². The molecule has 28 heavy (non-hydrogen) atoms. The van der Waals surface area contributed by atoms with Gasteiger partial charge in [-0.15, -0.1) is 0 Å². The van der Waals surface area contributed by atoms with Crippen molar-refractivity contribution in [2.75, 3.05) is 26.7 Å². The maximum atomic E-state index is 13.2. The Bertz CT molecular complexity index is 767. The lowest BCUT2D eigenvalue weighted by Gasteiger charge is -2.38. The fourth-order valence-electron chi connectivity index (χ4n) is 4.53. The topological polar surface area (TPSA) is 56.4 Å². The van der Waals surface area contributed by atoms with Gasteiger partial charge in [-0.3, -0.25) is 10.2 Å². The number of piperidine rings is 1. The molecule has 2 aromatic carbocycles. The second-order valence-corrected chi connectivity index (χ2v) is 8.14. The molecule has 0 spiro atoms. The van der Waals surface area contributed by atoms with E-state index in [1.54, 1.807) is 0 Å². The monoisotopic (exact) mass is 378 g/mol. The molecule has 2 aliphatic heterocycles. The third-order valence-electron chi connectivity index (χ3n) is 6.08. The zero-order valence-corrected chi connectivity index (χ0v) is 16.5. The van der Waals surface area contributed by atoms with E-state index in [1.165, 1.54) is 5.56 Å². The number of carbonyl (C=O) groups excluding carboxylic acids is 1. The summed E-state index contributed by atoms with van der Waals surface area (Å²) in [5.41, 5.74) is 8.95. The Morgan fingerprint density at radius 3 is 2.57 bits per heavy atom. The lowest BCUT2D eigenvalue weighted by Crippen LogP contribution is -2.52. The summed E-state index contributed by atoms with van der Waals surface area (Å²) in [6, 6.07) is 21.1. The maximum absolute atomic E-state index is 13.2. The van der Waals surface area contributed by atoms with Gasteiger partial charge in [0.05, 0.1) is 12.0 Å². The molecule has 148 valence electrons. The van der Waals surface area contributed by atoms with Crippen molar-refractivity contribution in [1.82, 2.24) is 21.1 Å². The molecule has 0 aliphatic carbocycles. The van der Waals surface area contributed by atoms with Crippen LogP contribution in [0.3, 0.4) is 0 Å². The summed E-state index contributed by atoms with van der Waals surface area (Å²) in [5, 5.41) is 3.41. The quantitative estimate of drug-likeness (QED) is 0.746. The van der Waals surface area contributed by atoms with Crippen molar-refractivity contribution in [2.45, 2.75) is 24.9 Å². The Labute approximate surface area is 167 Å². The van der Waals surface area contributed by atoms with Gasteiger partial charge in [0.2, 0.25) is 5.91 Å². The van der Waals surface area contributed by atoms with Crippen LogP contribution >= 0.6 is 0 Å². The van der Waals surface area contributed by atoms with E-state index in [4.69, 9.17) is 0 Å². The van der Waals surface area contributed by atoms with Gasteiger partial charge in [-0.25, -0.2) is 5.43 Å². The fourth-order valence-corrected chi connectivity index (χ4v) is 4.53. The number of rotatable bonds is 5. The van der Waals surface area contributed by atoms with E-state index < -0.39 is 0 Å². The molecule has 2 saturated heterocycles. The van der Waals surface area contributed by atoms with E-state index >= 15 is 0 Å². The molecule has 2 heterocycles. The van der Waals surface area contributed by atoms with Crippen molar-refractivity contribution in [3.05, 3.63) is 71.8 Å². The van der Waals surface area contributed by atoms with Crippen LogP contribution in [0.15, 0.2) is 60.7 Å². The van der Waals surface area contributed by atoms with Gasteiger partial charge in [-0.2, -0.15) is 0 Å². The number of amides is 1. The number of benzene rings is 2. The molecule has 5 heteroatoms. The Balaban J connectivity index is 1.44. The van der Waals surface area contributed by atoms with Gasteiger partial charge in [-0.05, 0) is 43.5 Å². The largest absolute Gasteiger partial charge is 0.353 e. The van der Waals surface area contributed by atoms with Crippen LogP contribution in [-0.2, 0) is 11.2 Å². The van der Waals surface area contributed by atoms with Gasteiger partial charge < -0.3 is 10.2 Å². The smallest absolute Gasteiger partial charge is 0.226 e. The second-order valence-electron chi connectivity index (χ2n) is 8.14. The Hall–Kier alpha value is -2.21. The highest BCUT2D eigenvalue weighted by atomic mass is 16.2. The lowest BCUT2D eigenvalue weighted by atomic mass is 9.86. The summed E-state index contributed by atoms with van der Waals surface area (Å²) in [4.78, 5) is 15.5. The van der Waals surface area contributed by atoms with Crippen LogP contribution in [0, 0.1) is 11.8 Å². The van der Waals surface area contributed by atoms with Gasteiger partial charge in [-0.1, -0.05) is 60.7 Å². The van der Waals surface area contributed by atoms with Crippen molar-refractivity contribution in [3.63, 3.8) is 0 Å². The number of hydrogen-bond acceptors (Lipinski definition) is 4. The van der Waals surface area contributed by atoms with Gasteiger partial charge in [0.1, 0.15) is 0 Å². The second kappa shape index (κ2) is 8.86. The third-order valence-corrected chi connectivity index (χ3v) is 6.08. The fraction of sp³-hybridized carbons (Fsp3) is 0.435. The predicted molar refractivity (Wildman–Crippen MR) is 111 cm³/mol. The van der Waals surface area contributed by atoms with E-state index in [0.29, 0.717) is 12.5 Å². The highest BCUT2D eigenvalue weighted by Crippen LogP contribution is 2.26. The molecule has 2 aliphatic rings. The van der Waals surface area contributed by atoms with E-state index in [2.05, 4.69) is 70.6 Å². The van der Waals surface area contributed by atoms with Gasteiger partial charge >= 0.3 is 0 Å². The van der Waals surface area contributed by atoms with Crippen LogP contribution in [0.25, 0.3) is 0 Å². The van der Waals surface area contributed by atoms with Crippen molar-refractivity contribution >= 4 is 5.91 Å². The average Bonchev–Trinajstić information content (AvgIpc) is 3.21. The minimum Gasteiger partial charge on any atom is -0.353 e. The van der Waals surface area contributed by atoms with Crippen LogP contribution in [-0.4, -0.2) is 43.5 Å². The molecule has 2 unspecified atom stereocenters. The lowest BCUT2D eigenvalue weighted by molar-refractivity contribution is -0.126. The highest BCUT2D eigenvalue weighted by Gasteiger charge is 2.36. The number of nitrogens with one attached hydrogen (secondary N) is 3. The van der Waals surface area contributed by atoms with Crippen molar-refractivity contribution in [2.24, 2.45) is 11.8 Å². The molecule has 4 rings (SSSR count). The minimum absolute atomic E-state index is 0.0139. The van der Waals surface area contributed by atoms with E-state index in [0.717, 1.165) is 31.5 Å². The first-order valence-electron chi connectivity index (χ1n) is 10.3. The molecule has 0 aromatic heterocycles. The Morgan fingerprint density at radius 1 is 1.11 bits per heavy atom. The van der Waals surface area contributed by atoms with Gasteiger partial charge in [0.25, 0.3) is 0 Å². The van der Waals surface area contributed by atoms with Gasteiger partial charge in [0.15, 0.2) is 0 Å². The highest BCUT2D eigenvalue weighted by molar-refractivity contribution is 5.80. The van der Waals surface area contributed by atoms with Crippen LogP contribution in [0.5, 0.6) is 0 Å². The molecule has 0 bridgehead atoms. The number of hydrogen-bond donors (Lipinski definition) is 3. The first-order chi connectivity index (χ1) is 13.7. The molecule has 5 nitrogen and oxygen atoms in total. The summed E-state index contributed by atoms with van der Waals surface area (Å²) >= 11 is 0. The van der Waals surface area contributed by atoms with E-state index in [9.17, 15) is 4.79 Å². The minimum atomic E-state index is -0.0977. The predicted octanol–water partition coefficient (Wildman–Crippen LogP) is 2.13. The molecule has 2 fully saturated rings. The summed E-state index contributed by atoms with van der Waals surface area (Å²) in [6.45, 7) is 2.70. The summed E-state index contributed by atoms with van der Waals surface area (Å²) < 4.78 is 0. The molecule has 0 saturated carbocycles. The normalized spacial score (nSPS) is 28.2. The maximum Gasteiger partial charge on any atom is 0.226 e. The van der Waals surface area contributed by atoms with Gasteiger partial charge in [0, 0.05) is 19.1 Å². The Morgan fingerprint density at radius 2 is 1.82 bits per heavy atom. The summed E-state index contributed by atoms with van der Waals surface area (Å²) in [5.74, 6) is 0.487.